The normalized spacial score (nSPS) is 12.2. The zero-order valence-corrected chi connectivity index (χ0v) is 10.6. The number of hydrogen-bond acceptors (Lipinski definition) is 2. The van der Waals surface area contributed by atoms with Gasteiger partial charge in [-0.15, -0.1) is 0 Å². The number of rotatable bonds is 3. The molecule has 94 valence electrons. The maximum Gasteiger partial charge on any atom is 0.126 e. The van der Waals surface area contributed by atoms with Crippen molar-refractivity contribution in [2.45, 2.75) is 19.9 Å². The van der Waals surface area contributed by atoms with E-state index < -0.39 is 0 Å². The molecule has 2 aromatic rings. The molecule has 0 aliphatic rings. The first-order valence-electron chi connectivity index (χ1n) is 5.94. The summed E-state index contributed by atoms with van der Waals surface area (Å²) >= 11 is 0. The van der Waals surface area contributed by atoms with Crippen molar-refractivity contribution in [3.8, 4) is 0 Å². The van der Waals surface area contributed by atoms with Crippen LogP contribution in [-0.2, 0) is 0 Å². The van der Waals surface area contributed by atoms with Crippen LogP contribution >= 0.6 is 0 Å². The van der Waals surface area contributed by atoms with E-state index in [1.165, 1.54) is 0 Å². The van der Waals surface area contributed by atoms with Crippen LogP contribution in [-0.4, -0.2) is 0 Å². The average molecular weight is 244 g/mol. The number of anilines is 2. The summed E-state index contributed by atoms with van der Waals surface area (Å²) in [6.07, 6.45) is 0. The summed E-state index contributed by atoms with van der Waals surface area (Å²) in [5.41, 5.74) is 8.94. The molecule has 0 saturated heterocycles. The second-order valence-electron chi connectivity index (χ2n) is 4.50. The molecule has 0 heterocycles. The van der Waals surface area contributed by atoms with E-state index in [2.05, 4.69) is 5.32 Å². The maximum absolute atomic E-state index is 13.5. The van der Waals surface area contributed by atoms with Crippen LogP contribution < -0.4 is 11.1 Å². The maximum atomic E-state index is 13.5. The number of aryl methyl sites for hydroxylation is 1. The number of hydrogen-bond donors (Lipinski definition) is 2. The molecule has 3 N–H and O–H groups in total. The van der Waals surface area contributed by atoms with Gasteiger partial charge in [-0.2, -0.15) is 0 Å². The molecule has 2 aromatic carbocycles. The SMILES string of the molecule is Cc1ccc(C(C)Nc2cccc(N)c2)cc1F. The number of benzene rings is 2. The second-order valence-corrected chi connectivity index (χ2v) is 4.50. The van der Waals surface area contributed by atoms with Crippen molar-refractivity contribution in [3.05, 3.63) is 59.4 Å². The minimum absolute atomic E-state index is 0.0295. The van der Waals surface area contributed by atoms with Gasteiger partial charge in [0.2, 0.25) is 0 Å². The molecule has 0 bridgehead atoms. The lowest BCUT2D eigenvalue weighted by atomic mass is 10.1. The third-order valence-corrected chi connectivity index (χ3v) is 2.97. The van der Waals surface area contributed by atoms with Crippen molar-refractivity contribution in [1.82, 2.24) is 0 Å². The zero-order chi connectivity index (χ0) is 13.1. The summed E-state index contributed by atoms with van der Waals surface area (Å²) in [6, 6.07) is 12.9. The lowest BCUT2D eigenvalue weighted by Crippen LogP contribution is -2.07. The molecule has 0 aliphatic heterocycles. The van der Waals surface area contributed by atoms with Gasteiger partial charge in [0.05, 0.1) is 0 Å². The largest absolute Gasteiger partial charge is 0.399 e. The first kappa shape index (κ1) is 12.4. The van der Waals surface area contributed by atoms with Gasteiger partial charge >= 0.3 is 0 Å². The topological polar surface area (TPSA) is 38.0 Å². The predicted molar refractivity (Wildman–Crippen MR) is 74.0 cm³/mol. The summed E-state index contributed by atoms with van der Waals surface area (Å²) in [5, 5.41) is 3.30. The summed E-state index contributed by atoms with van der Waals surface area (Å²) in [4.78, 5) is 0. The van der Waals surface area contributed by atoms with Crippen molar-refractivity contribution in [2.24, 2.45) is 0 Å². The molecule has 0 spiro atoms. The van der Waals surface area contributed by atoms with Crippen LogP contribution in [0, 0.1) is 12.7 Å². The minimum atomic E-state index is -0.172. The van der Waals surface area contributed by atoms with Crippen LogP contribution in [0.3, 0.4) is 0 Å². The molecule has 1 unspecified atom stereocenters. The smallest absolute Gasteiger partial charge is 0.126 e. The Morgan fingerprint density at radius 3 is 2.61 bits per heavy atom. The van der Waals surface area contributed by atoms with E-state index in [-0.39, 0.29) is 11.9 Å². The molecule has 18 heavy (non-hydrogen) atoms. The van der Waals surface area contributed by atoms with Gasteiger partial charge in [0, 0.05) is 17.4 Å². The van der Waals surface area contributed by atoms with Gasteiger partial charge in [-0.1, -0.05) is 18.2 Å². The molecule has 2 rings (SSSR count). The molecule has 0 aromatic heterocycles. The average Bonchev–Trinajstić information content (AvgIpc) is 2.32. The van der Waals surface area contributed by atoms with E-state index in [1.807, 2.05) is 37.3 Å². The Bertz CT molecular complexity index is 552. The predicted octanol–water partition coefficient (Wildman–Crippen LogP) is 3.89. The van der Waals surface area contributed by atoms with Crippen LogP contribution in [0.1, 0.15) is 24.1 Å². The van der Waals surface area contributed by atoms with Crippen LogP contribution in [0.4, 0.5) is 15.8 Å². The molecule has 0 amide bonds. The molecule has 0 aliphatic carbocycles. The molecule has 0 fully saturated rings. The Kier molecular flexibility index (Phi) is 3.51. The number of nitrogens with one attached hydrogen (secondary N) is 1. The lowest BCUT2D eigenvalue weighted by molar-refractivity contribution is 0.614. The van der Waals surface area contributed by atoms with Gasteiger partial charge in [-0.3, -0.25) is 0 Å². The van der Waals surface area contributed by atoms with E-state index in [0.29, 0.717) is 11.3 Å². The van der Waals surface area contributed by atoms with E-state index >= 15 is 0 Å². The standard InChI is InChI=1S/C15H17FN2/c1-10-6-7-12(8-15(10)16)11(2)18-14-5-3-4-13(17)9-14/h3-9,11,18H,17H2,1-2H3. The Balaban J connectivity index is 2.16. The highest BCUT2D eigenvalue weighted by atomic mass is 19.1. The van der Waals surface area contributed by atoms with Gasteiger partial charge < -0.3 is 11.1 Å². The summed E-state index contributed by atoms with van der Waals surface area (Å²) in [5.74, 6) is -0.172. The zero-order valence-electron chi connectivity index (χ0n) is 10.6. The van der Waals surface area contributed by atoms with Gasteiger partial charge in [0.15, 0.2) is 0 Å². The van der Waals surface area contributed by atoms with Crippen LogP contribution in [0.2, 0.25) is 0 Å². The third kappa shape index (κ3) is 2.80. The molecule has 0 radical (unpaired) electrons. The Hall–Kier alpha value is -2.03. The molecule has 3 heteroatoms. The fourth-order valence-electron chi connectivity index (χ4n) is 1.84. The first-order valence-corrected chi connectivity index (χ1v) is 5.94. The number of nitrogen functional groups attached to an aromatic ring is 1. The summed E-state index contributed by atoms with van der Waals surface area (Å²) in [7, 11) is 0. The van der Waals surface area contributed by atoms with Crippen molar-refractivity contribution in [2.75, 3.05) is 11.1 Å². The fourth-order valence-corrected chi connectivity index (χ4v) is 1.84. The molecule has 1 atom stereocenters. The lowest BCUT2D eigenvalue weighted by Gasteiger charge is -2.16. The van der Waals surface area contributed by atoms with Crippen molar-refractivity contribution in [3.63, 3.8) is 0 Å². The third-order valence-electron chi connectivity index (χ3n) is 2.97. The van der Waals surface area contributed by atoms with Gasteiger partial charge in [0.25, 0.3) is 0 Å². The molecule has 0 saturated carbocycles. The number of nitrogens with two attached hydrogens (primary N) is 1. The quantitative estimate of drug-likeness (QED) is 0.804. The Morgan fingerprint density at radius 2 is 1.94 bits per heavy atom. The van der Waals surface area contributed by atoms with Gasteiger partial charge in [-0.05, 0) is 49.2 Å². The Labute approximate surface area is 107 Å². The molecule has 2 nitrogen and oxygen atoms in total. The van der Waals surface area contributed by atoms with E-state index in [9.17, 15) is 4.39 Å². The van der Waals surface area contributed by atoms with Crippen molar-refractivity contribution < 1.29 is 4.39 Å². The summed E-state index contributed by atoms with van der Waals surface area (Å²) in [6.45, 7) is 3.75. The van der Waals surface area contributed by atoms with Crippen molar-refractivity contribution >= 4 is 11.4 Å². The fraction of sp³-hybridized carbons (Fsp3) is 0.200. The first-order chi connectivity index (χ1) is 8.56. The van der Waals surface area contributed by atoms with Crippen LogP contribution in [0.5, 0.6) is 0 Å². The minimum Gasteiger partial charge on any atom is -0.399 e. The van der Waals surface area contributed by atoms with E-state index in [1.54, 1.807) is 19.1 Å². The van der Waals surface area contributed by atoms with Crippen molar-refractivity contribution in [1.29, 1.82) is 0 Å². The van der Waals surface area contributed by atoms with Crippen LogP contribution in [0.15, 0.2) is 42.5 Å². The Morgan fingerprint density at radius 1 is 1.17 bits per heavy atom. The molecular weight excluding hydrogens is 227 g/mol. The monoisotopic (exact) mass is 244 g/mol. The summed E-state index contributed by atoms with van der Waals surface area (Å²) < 4.78 is 13.5. The van der Waals surface area contributed by atoms with E-state index in [0.717, 1.165) is 11.3 Å². The van der Waals surface area contributed by atoms with Gasteiger partial charge in [0.1, 0.15) is 5.82 Å². The number of halogens is 1. The highest BCUT2D eigenvalue weighted by Crippen LogP contribution is 2.22. The molecular formula is C15H17FN2. The van der Waals surface area contributed by atoms with E-state index in [4.69, 9.17) is 5.73 Å². The van der Waals surface area contributed by atoms with Gasteiger partial charge in [-0.25, -0.2) is 4.39 Å². The highest BCUT2D eigenvalue weighted by molar-refractivity contribution is 5.55. The second kappa shape index (κ2) is 5.08. The van der Waals surface area contributed by atoms with Crippen LogP contribution in [0.25, 0.3) is 0 Å². The highest BCUT2D eigenvalue weighted by Gasteiger charge is 2.07.